The number of ketones is 1. The van der Waals surface area contributed by atoms with Crippen molar-refractivity contribution in [1.29, 1.82) is 0 Å². The smallest absolute Gasteiger partial charge is 0.252 e. The van der Waals surface area contributed by atoms with Crippen LogP contribution in [0.3, 0.4) is 0 Å². The van der Waals surface area contributed by atoms with Crippen LogP contribution in [0.1, 0.15) is 44.9 Å². The molecule has 1 aliphatic carbocycles. The number of amides is 1. The third kappa shape index (κ3) is 3.86. The van der Waals surface area contributed by atoms with Gasteiger partial charge in [0.15, 0.2) is 0 Å². The van der Waals surface area contributed by atoms with Gasteiger partial charge in [-0.3, -0.25) is 9.59 Å². The summed E-state index contributed by atoms with van der Waals surface area (Å²) in [5.74, 6) is 0.0440. The minimum atomic E-state index is -0.184. The van der Waals surface area contributed by atoms with Gasteiger partial charge in [0, 0.05) is 11.6 Å². The normalized spacial score (nSPS) is 19.5. The van der Waals surface area contributed by atoms with Crippen LogP contribution in [0, 0.1) is 5.92 Å². The largest absolute Gasteiger partial charge is 0.349 e. The third-order valence-electron chi connectivity index (χ3n) is 4.44. The van der Waals surface area contributed by atoms with Crippen molar-refractivity contribution < 1.29 is 9.59 Å². The fraction of sp³-hybridized carbons (Fsp3) is 0.333. The summed E-state index contributed by atoms with van der Waals surface area (Å²) in [6, 6.07) is 10.7. The molecule has 0 radical (unpaired) electrons. The molecule has 1 amide bonds. The maximum absolute atomic E-state index is 12.7. The summed E-state index contributed by atoms with van der Waals surface area (Å²) in [5.41, 5.74) is 6.67. The zero-order chi connectivity index (χ0) is 16.2. The molecule has 1 fully saturated rings. The summed E-state index contributed by atoms with van der Waals surface area (Å²) >= 11 is 1.39. The number of benzene rings is 1. The van der Waals surface area contributed by atoms with Crippen LogP contribution in [0.15, 0.2) is 41.8 Å². The summed E-state index contributed by atoms with van der Waals surface area (Å²) in [4.78, 5) is 25.9. The second-order valence-corrected chi connectivity index (χ2v) is 6.81. The summed E-state index contributed by atoms with van der Waals surface area (Å²) in [5, 5.41) is 4.93. The zero-order valence-corrected chi connectivity index (χ0v) is 14.9. The van der Waals surface area contributed by atoms with Crippen LogP contribution >= 0.6 is 23.7 Å². The molecule has 1 saturated carbocycles. The monoisotopic (exact) mass is 364 g/mol. The fourth-order valence-corrected chi connectivity index (χ4v) is 3.85. The van der Waals surface area contributed by atoms with Crippen LogP contribution in [-0.4, -0.2) is 24.3 Å². The molecule has 2 unspecified atom stereocenters. The van der Waals surface area contributed by atoms with Crippen LogP contribution in [0.25, 0.3) is 0 Å². The van der Waals surface area contributed by atoms with Crippen molar-refractivity contribution in [2.24, 2.45) is 11.7 Å². The molecule has 0 spiro atoms. The standard InChI is InChI=1S/C18H20N2O2S.ClH/c19-11-12-5-3-8-15(12)20-18(22)14-7-2-1-6-13(14)17(21)16-9-4-10-23-16;/h1-2,4,6-7,9-10,12,15H,3,5,8,11,19H2,(H,20,22);1H. The predicted molar refractivity (Wildman–Crippen MR) is 99.1 cm³/mol. The van der Waals surface area contributed by atoms with Gasteiger partial charge in [0.05, 0.1) is 10.4 Å². The van der Waals surface area contributed by atoms with Crippen LogP contribution in [0.4, 0.5) is 0 Å². The van der Waals surface area contributed by atoms with Crippen molar-refractivity contribution in [2.75, 3.05) is 6.54 Å². The van der Waals surface area contributed by atoms with Gasteiger partial charge in [0.25, 0.3) is 5.91 Å². The molecule has 1 aliphatic rings. The topological polar surface area (TPSA) is 72.2 Å². The van der Waals surface area contributed by atoms with E-state index in [0.717, 1.165) is 19.3 Å². The molecule has 3 rings (SSSR count). The number of rotatable bonds is 5. The fourth-order valence-electron chi connectivity index (χ4n) is 3.17. The minimum Gasteiger partial charge on any atom is -0.349 e. The molecule has 2 atom stereocenters. The molecule has 1 aromatic carbocycles. The number of carbonyl (C=O) groups excluding carboxylic acids is 2. The van der Waals surface area contributed by atoms with E-state index in [1.165, 1.54) is 11.3 Å². The van der Waals surface area contributed by atoms with Gasteiger partial charge in [-0.1, -0.05) is 30.7 Å². The lowest BCUT2D eigenvalue weighted by Crippen LogP contribution is -2.40. The number of nitrogens with two attached hydrogens (primary N) is 1. The van der Waals surface area contributed by atoms with E-state index >= 15 is 0 Å². The van der Waals surface area contributed by atoms with Gasteiger partial charge in [-0.25, -0.2) is 0 Å². The summed E-state index contributed by atoms with van der Waals surface area (Å²) in [6.45, 7) is 0.584. The van der Waals surface area contributed by atoms with Crippen LogP contribution in [0.5, 0.6) is 0 Å². The quantitative estimate of drug-likeness (QED) is 0.800. The van der Waals surface area contributed by atoms with Gasteiger partial charge in [0.2, 0.25) is 5.78 Å². The maximum Gasteiger partial charge on any atom is 0.252 e. The zero-order valence-electron chi connectivity index (χ0n) is 13.2. The minimum absolute atomic E-state index is 0. The Labute approximate surface area is 151 Å². The molecule has 2 aromatic rings. The Hall–Kier alpha value is -1.69. The first-order valence-electron chi connectivity index (χ1n) is 7.89. The van der Waals surface area contributed by atoms with Crippen molar-refractivity contribution in [3.63, 3.8) is 0 Å². The molecule has 0 bridgehead atoms. The number of hydrogen-bond donors (Lipinski definition) is 2. The SMILES string of the molecule is Cl.NCC1CCCC1NC(=O)c1ccccc1C(=O)c1cccs1. The molecule has 3 N–H and O–H groups in total. The van der Waals surface area contributed by atoms with Crippen molar-refractivity contribution in [1.82, 2.24) is 5.32 Å². The summed E-state index contributed by atoms with van der Waals surface area (Å²) in [7, 11) is 0. The maximum atomic E-state index is 12.7. The highest BCUT2D eigenvalue weighted by atomic mass is 35.5. The van der Waals surface area contributed by atoms with E-state index in [1.54, 1.807) is 30.3 Å². The van der Waals surface area contributed by atoms with Crippen LogP contribution in [0.2, 0.25) is 0 Å². The average molecular weight is 365 g/mol. The van der Waals surface area contributed by atoms with Gasteiger partial charge in [-0.05, 0) is 42.8 Å². The molecule has 4 nitrogen and oxygen atoms in total. The van der Waals surface area contributed by atoms with E-state index in [0.29, 0.717) is 28.5 Å². The van der Waals surface area contributed by atoms with E-state index in [9.17, 15) is 9.59 Å². The number of carbonyl (C=O) groups is 2. The lowest BCUT2D eigenvalue weighted by atomic mass is 10.00. The third-order valence-corrected chi connectivity index (χ3v) is 5.31. The van der Waals surface area contributed by atoms with E-state index in [1.807, 2.05) is 11.4 Å². The summed E-state index contributed by atoms with van der Waals surface area (Å²) < 4.78 is 0. The first-order chi connectivity index (χ1) is 11.2. The number of nitrogens with one attached hydrogen (secondary N) is 1. The Balaban J connectivity index is 0.00000208. The van der Waals surface area contributed by atoms with Gasteiger partial charge < -0.3 is 11.1 Å². The van der Waals surface area contributed by atoms with Crippen LogP contribution in [-0.2, 0) is 0 Å². The Morgan fingerprint density at radius 3 is 2.54 bits per heavy atom. The first-order valence-corrected chi connectivity index (χ1v) is 8.77. The lowest BCUT2D eigenvalue weighted by molar-refractivity contribution is 0.0919. The summed E-state index contributed by atoms with van der Waals surface area (Å²) in [6.07, 6.45) is 3.09. The Morgan fingerprint density at radius 1 is 1.12 bits per heavy atom. The number of thiophene rings is 1. The first kappa shape index (κ1) is 18.6. The second-order valence-electron chi connectivity index (χ2n) is 5.86. The molecule has 1 heterocycles. The number of halogens is 1. The molecular weight excluding hydrogens is 344 g/mol. The van der Waals surface area contributed by atoms with E-state index in [-0.39, 0.29) is 30.1 Å². The Kier molecular flexibility index (Phi) is 6.54. The molecule has 6 heteroatoms. The average Bonchev–Trinajstić information content (AvgIpc) is 3.25. The van der Waals surface area contributed by atoms with Crippen molar-refractivity contribution >= 4 is 35.4 Å². The van der Waals surface area contributed by atoms with E-state index < -0.39 is 0 Å². The highest BCUT2D eigenvalue weighted by Gasteiger charge is 2.28. The lowest BCUT2D eigenvalue weighted by Gasteiger charge is -2.20. The van der Waals surface area contributed by atoms with E-state index in [4.69, 9.17) is 5.73 Å². The highest BCUT2D eigenvalue weighted by Crippen LogP contribution is 2.25. The highest BCUT2D eigenvalue weighted by molar-refractivity contribution is 7.12. The van der Waals surface area contributed by atoms with E-state index in [2.05, 4.69) is 5.32 Å². The van der Waals surface area contributed by atoms with Gasteiger partial charge >= 0.3 is 0 Å². The molecule has 24 heavy (non-hydrogen) atoms. The van der Waals surface area contributed by atoms with Crippen LogP contribution < -0.4 is 11.1 Å². The molecular formula is C18H21ClN2O2S. The van der Waals surface area contributed by atoms with Crippen molar-refractivity contribution in [3.05, 3.63) is 57.8 Å². The molecule has 0 aliphatic heterocycles. The Bertz CT molecular complexity index is 703. The van der Waals surface area contributed by atoms with Gasteiger partial charge in [0.1, 0.15) is 0 Å². The Morgan fingerprint density at radius 2 is 1.88 bits per heavy atom. The number of hydrogen-bond acceptors (Lipinski definition) is 4. The van der Waals surface area contributed by atoms with Gasteiger partial charge in [-0.15, -0.1) is 23.7 Å². The van der Waals surface area contributed by atoms with Gasteiger partial charge in [-0.2, -0.15) is 0 Å². The second kappa shape index (κ2) is 8.42. The predicted octanol–water partition coefficient (Wildman–Crippen LogP) is 3.26. The molecule has 1 aromatic heterocycles. The van der Waals surface area contributed by atoms with Crippen molar-refractivity contribution in [2.45, 2.75) is 25.3 Å². The molecule has 128 valence electrons. The van der Waals surface area contributed by atoms with Crippen molar-refractivity contribution in [3.8, 4) is 0 Å². The molecule has 0 saturated heterocycles.